The molecule has 118 valence electrons. The molecule has 6 heteroatoms. The molecule has 0 radical (unpaired) electrons. The molecule has 0 unspecified atom stereocenters. The quantitative estimate of drug-likeness (QED) is 0.548. The molecule has 0 saturated heterocycles. The van der Waals surface area contributed by atoms with Crippen molar-refractivity contribution in [1.82, 2.24) is 0 Å². The van der Waals surface area contributed by atoms with Crippen LogP contribution in [-0.4, -0.2) is 6.61 Å². The Balaban J connectivity index is 2.08. The van der Waals surface area contributed by atoms with Gasteiger partial charge < -0.3 is 10.1 Å². The lowest BCUT2D eigenvalue weighted by molar-refractivity contribution is 0.313. The zero-order valence-electron chi connectivity index (χ0n) is 11.9. The van der Waals surface area contributed by atoms with E-state index < -0.39 is 5.82 Å². The second kappa shape index (κ2) is 8.18. The van der Waals surface area contributed by atoms with Crippen molar-refractivity contribution in [3.05, 3.63) is 55.7 Å². The Kier molecular flexibility index (Phi) is 6.53. The number of nitrogens with one attached hydrogen (secondary N) is 1. The average molecular weight is 452 g/mol. The fourth-order valence-electron chi connectivity index (χ4n) is 1.87. The summed E-state index contributed by atoms with van der Waals surface area (Å²) in [7, 11) is 0. The van der Waals surface area contributed by atoms with Gasteiger partial charge in [0.1, 0.15) is 11.6 Å². The third-order valence-corrected chi connectivity index (χ3v) is 4.39. The van der Waals surface area contributed by atoms with E-state index in [2.05, 4.69) is 44.1 Å². The molecular weight excluding hydrogens is 436 g/mol. The minimum absolute atomic E-state index is 0.107. The van der Waals surface area contributed by atoms with E-state index in [1.165, 1.54) is 6.07 Å². The van der Waals surface area contributed by atoms with Gasteiger partial charge in [-0.2, -0.15) is 0 Å². The highest BCUT2D eigenvalue weighted by molar-refractivity contribution is 9.11. The number of ether oxygens (including phenoxy) is 1. The fraction of sp³-hybridized carbons (Fsp3) is 0.250. The van der Waals surface area contributed by atoms with E-state index in [1.54, 1.807) is 12.1 Å². The molecule has 0 aliphatic carbocycles. The number of halogens is 4. The van der Waals surface area contributed by atoms with Crippen molar-refractivity contribution in [3.63, 3.8) is 0 Å². The number of anilines is 1. The molecule has 0 heterocycles. The Morgan fingerprint density at radius 2 is 1.86 bits per heavy atom. The first-order chi connectivity index (χ1) is 10.5. The minimum Gasteiger partial charge on any atom is -0.491 e. The predicted molar refractivity (Wildman–Crippen MR) is 96.4 cm³/mol. The summed E-state index contributed by atoms with van der Waals surface area (Å²) >= 11 is 12.8. The first-order valence-electron chi connectivity index (χ1n) is 6.81. The molecule has 0 amide bonds. The molecule has 2 rings (SSSR count). The van der Waals surface area contributed by atoms with Crippen LogP contribution < -0.4 is 10.1 Å². The van der Waals surface area contributed by atoms with Crippen LogP contribution in [0, 0.1) is 5.82 Å². The van der Waals surface area contributed by atoms with E-state index in [0.717, 1.165) is 32.4 Å². The van der Waals surface area contributed by atoms with E-state index in [4.69, 9.17) is 16.3 Å². The number of hydrogen-bond acceptors (Lipinski definition) is 2. The molecule has 0 fully saturated rings. The summed E-state index contributed by atoms with van der Waals surface area (Å²) in [6.07, 6.45) is 0.952. The van der Waals surface area contributed by atoms with Gasteiger partial charge in [0.2, 0.25) is 0 Å². The first-order valence-corrected chi connectivity index (χ1v) is 8.77. The van der Waals surface area contributed by atoms with Gasteiger partial charge in [-0.1, -0.05) is 18.5 Å². The number of rotatable bonds is 6. The average Bonchev–Trinajstić information content (AvgIpc) is 2.48. The Morgan fingerprint density at radius 3 is 2.45 bits per heavy atom. The van der Waals surface area contributed by atoms with Crippen molar-refractivity contribution in [2.75, 3.05) is 11.9 Å². The molecule has 22 heavy (non-hydrogen) atoms. The van der Waals surface area contributed by atoms with Crippen molar-refractivity contribution in [2.24, 2.45) is 0 Å². The van der Waals surface area contributed by atoms with E-state index in [9.17, 15) is 4.39 Å². The van der Waals surface area contributed by atoms with Crippen molar-refractivity contribution in [3.8, 4) is 5.75 Å². The van der Waals surface area contributed by atoms with Gasteiger partial charge in [0.05, 0.1) is 20.6 Å². The summed E-state index contributed by atoms with van der Waals surface area (Å²) in [6, 6.07) is 8.56. The highest BCUT2D eigenvalue weighted by atomic mass is 79.9. The third kappa shape index (κ3) is 4.61. The molecule has 0 aliphatic heterocycles. The van der Waals surface area contributed by atoms with Crippen LogP contribution in [0.1, 0.15) is 18.9 Å². The maximum absolute atomic E-state index is 13.1. The molecule has 2 nitrogen and oxygen atoms in total. The molecule has 0 aromatic heterocycles. The van der Waals surface area contributed by atoms with Gasteiger partial charge in [-0.25, -0.2) is 4.39 Å². The smallest absolute Gasteiger partial charge is 0.147 e. The highest BCUT2D eigenvalue weighted by Crippen LogP contribution is 2.35. The van der Waals surface area contributed by atoms with Crippen LogP contribution in [0.4, 0.5) is 10.1 Å². The van der Waals surface area contributed by atoms with Gasteiger partial charge in [-0.05, 0) is 74.2 Å². The molecule has 2 aromatic carbocycles. The topological polar surface area (TPSA) is 21.3 Å². The first kappa shape index (κ1) is 17.6. The number of hydrogen-bond donors (Lipinski definition) is 1. The summed E-state index contributed by atoms with van der Waals surface area (Å²) in [5.74, 6) is 0.380. The molecule has 0 saturated carbocycles. The van der Waals surface area contributed by atoms with Gasteiger partial charge in [0, 0.05) is 12.2 Å². The van der Waals surface area contributed by atoms with Crippen LogP contribution in [0.2, 0.25) is 5.02 Å². The summed E-state index contributed by atoms with van der Waals surface area (Å²) in [5.41, 5.74) is 1.83. The Bertz CT molecular complexity index is 644. The largest absolute Gasteiger partial charge is 0.491 e. The molecule has 1 N–H and O–H groups in total. The van der Waals surface area contributed by atoms with E-state index in [1.807, 2.05) is 12.1 Å². The van der Waals surface area contributed by atoms with Crippen LogP contribution in [-0.2, 0) is 6.54 Å². The lowest BCUT2D eigenvalue weighted by atomic mass is 10.2. The van der Waals surface area contributed by atoms with Crippen LogP contribution >= 0.6 is 43.5 Å². The highest BCUT2D eigenvalue weighted by Gasteiger charge is 2.09. The molecule has 0 spiro atoms. The van der Waals surface area contributed by atoms with Crippen molar-refractivity contribution < 1.29 is 9.13 Å². The Hall–Kier alpha value is -0.780. The van der Waals surface area contributed by atoms with Crippen molar-refractivity contribution >= 4 is 49.1 Å². The molecule has 0 bridgehead atoms. The normalized spacial score (nSPS) is 10.6. The van der Waals surface area contributed by atoms with Crippen LogP contribution in [0.15, 0.2) is 39.3 Å². The minimum atomic E-state index is -0.421. The molecular formula is C16H15Br2ClFNO. The van der Waals surface area contributed by atoms with E-state index in [0.29, 0.717) is 13.2 Å². The zero-order chi connectivity index (χ0) is 16.1. The van der Waals surface area contributed by atoms with Crippen molar-refractivity contribution in [1.29, 1.82) is 0 Å². The van der Waals surface area contributed by atoms with E-state index >= 15 is 0 Å². The van der Waals surface area contributed by atoms with Crippen LogP contribution in [0.25, 0.3) is 0 Å². The van der Waals surface area contributed by atoms with Crippen molar-refractivity contribution in [2.45, 2.75) is 19.9 Å². The molecule has 0 atom stereocenters. The molecule has 2 aromatic rings. The van der Waals surface area contributed by atoms with Gasteiger partial charge in [-0.3, -0.25) is 0 Å². The van der Waals surface area contributed by atoms with Gasteiger partial charge >= 0.3 is 0 Å². The fourth-order valence-corrected chi connectivity index (χ4v) is 3.56. The van der Waals surface area contributed by atoms with Gasteiger partial charge in [0.25, 0.3) is 0 Å². The van der Waals surface area contributed by atoms with E-state index in [-0.39, 0.29) is 5.02 Å². The summed E-state index contributed by atoms with van der Waals surface area (Å²) < 4.78 is 20.6. The Morgan fingerprint density at radius 1 is 1.18 bits per heavy atom. The molecule has 0 aliphatic rings. The summed E-state index contributed by atoms with van der Waals surface area (Å²) in [5, 5.41) is 3.32. The van der Waals surface area contributed by atoms with Crippen LogP contribution in [0.3, 0.4) is 0 Å². The third-order valence-electron chi connectivity index (χ3n) is 2.92. The predicted octanol–water partition coefficient (Wildman–Crippen LogP) is 6.41. The summed E-state index contributed by atoms with van der Waals surface area (Å²) in [4.78, 5) is 0. The van der Waals surface area contributed by atoms with Crippen LogP contribution in [0.5, 0.6) is 5.75 Å². The monoisotopic (exact) mass is 449 g/mol. The summed E-state index contributed by atoms with van der Waals surface area (Å²) in [6.45, 7) is 3.32. The zero-order valence-corrected chi connectivity index (χ0v) is 15.9. The SMILES string of the molecule is CCCOc1c(Br)cc(CNc2ccc(F)c(Cl)c2)cc1Br. The lowest BCUT2D eigenvalue weighted by Crippen LogP contribution is -2.02. The van der Waals surface area contributed by atoms with Gasteiger partial charge in [0.15, 0.2) is 0 Å². The Labute approximate surface area is 151 Å². The second-order valence-corrected chi connectivity index (χ2v) is 6.84. The maximum atomic E-state index is 13.1. The number of benzene rings is 2. The second-order valence-electron chi connectivity index (χ2n) is 4.72. The standard InChI is InChI=1S/C16H15Br2ClFNO/c1-2-5-22-16-12(17)6-10(7-13(16)18)9-21-11-3-4-15(20)14(19)8-11/h3-4,6-8,21H,2,5,9H2,1H3. The lowest BCUT2D eigenvalue weighted by Gasteiger charge is -2.13. The van der Waals surface area contributed by atoms with Gasteiger partial charge in [-0.15, -0.1) is 0 Å². The maximum Gasteiger partial charge on any atom is 0.147 e.